The molecule has 2 unspecified atom stereocenters. The summed E-state index contributed by atoms with van der Waals surface area (Å²) in [6.07, 6.45) is 0.980. The summed E-state index contributed by atoms with van der Waals surface area (Å²) in [5.41, 5.74) is 0. The van der Waals surface area contributed by atoms with Gasteiger partial charge in [0.2, 0.25) is 0 Å². The van der Waals surface area contributed by atoms with E-state index in [1.807, 2.05) is 6.92 Å². The summed E-state index contributed by atoms with van der Waals surface area (Å²) in [5, 5.41) is 8.54. The van der Waals surface area contributed by atoms with Crippen LogP contribution < -0.4 is 0 Å². The molecule has 0 aromatic rings. The second-order valence-corrected chi connectivity index (χ2v) is 5.98. The molecule has 0 bridgehead atoms. The zero-order valence-corrected chi connectivity index (χ0v) is 14.8. The van der Waals surface area contributed by atoms with Crippen molar-refractivity contribution < 1.29 is 38.4 Å². The zero-order chi connectivity index (χ0) is 18.2. The van der Waals surface area contributed by atoms with Crippen molar-refractivity contribution in [1.29, 1.82) is 0 Å². The maximum absolute atomic E-state index is 11.0. The van der Waals surface area contributed by atoms with E-state index in [0.717, 1.165) is 6.42 Å². The molecule has 0 amide bonds. The minimum absolute atomic E-state index is 0.0503. The Labute approximate surface area is 142 Å². The summed E-state index contributed by atoms with van der Waals surface area (Å²) in [6, 6.07) is 0. The van der Waals surface area contributed by atoms with Gasteiger partial charge in [0, 0.05) is 0 Å². The first-order valence-electron chi connectivity index (χ1n) is 8.19. The third-order valence-corrected chi connectivity index (χ3v) is 3.59. The van der Waals surface area contributed by atoms with Crippen LogP contribution in [0, 0.1) is 0 Å². The van der Waals surface area contributed by atoms with E-state index < -0.39 is 17.5 Å². The topological polar surface area (TPSA) is 101 Å². The summed E-state index contributed by atoms with van der Waals surface area (Å²) in [7, 11) is 0. The van der Waals surface area contributed by atoms with Gasteiger partial charge < -0.3 is 28.8 Å². The van der Waals surface area contributed by atoms with Gasteiger partial charge in [-0.1, -0.05) is 6.92 Å². The van der Waals surface area contributed by atoms with Gasteiger partial charge in [0.15, 0.2) is 11.6 Å². The van der Waals surface area contributed by atoms with Crippen molar-refractivity contribution in [1.82, 2.24) is 0 Å². The highest BCUT2D eigenvalue weighted by Crippen LogP contribution is 2.27. The molecular weight excluding hydrogens is 320 g/mol. The standard InChI is InChI=1S/2C8H14O4/c1-3-6-5-11-8(2,12-6)4-7(9)10;1-3-10-7(9)6-8(2)11-4-5-12-8/h6H,3-5H2,1-2H3,(H,9,10);3-6H2,1-2H3. The number of ether oxygens (including phenoxy) is 5. The van der Waals surface area contributed by atoms with E-state index in [9.17, 15) is 9.59 Å². The van der Waals surface area contributed by atoms with E-state index >= 15 is 0 Å². The third kappa shape index (κ3) is 7.12. The quantitative estimate of drug-likeness (QED) is 0.724. The van der Waals surface area contributed by atoms with E-state index in [1.54, 1.807) is 20.8 Å². The van der Waals surface area contributed by atoms with E-state index in [4.69, 9.17) is 28.8 Å². The molecule has 2 aliphatic rings. The fourth-order valence-electron chi connectivity index (χ4n) is 2.39. The lowest BCUT2D eigenvalue weighted by atomic mass is 10.2. The minimum Gasteiger partial charge on any atom is -0.481 e. The van der Waals surface area contributed by atoms with E-state index in [0.29, 0.717) is 26.4 Å². The van der Waals surface area contributed by atoms with Crippen LogP contribution in [0.2, 0.25) is 0 Å². The van der Waals surface area contributed by atoms with Crippen LogP contribution in [0.4, 0.5) is 0 Å². The maximum Gasteiger partial charge on any atom is 0.311 e. The maximum atomic E-state index is 11.0. The lowest BCUT2D eigenvalue weighted by molar-refractivity contribution is -0.177. The molecule has 2 saturated heterocycles. The highest BCUT2D eigenvalue weighted by atomic mass is 16.7. The first-order chi connectivity index (χ1) is 11.2. The SMILES string of the molecule is CCC1COC(C)(CC(=O)O)O1.CCOC(=O)CC1(C)OCCO1. The molecule has 8 heteroatoms. The first-order valence-corrected chi connectivity index (χ1v) is 8.19. The van der Waals surface area contributed by atoms with Gasteiger partial charge in [0.05, 0.1) is 45.4 Å². The summed E-state index contributed by atoms with van der Waals surface area (Å²) in [6.45, 7) is 9.17. The first kappa shape index (κ1) is 20.8. The van der Waals surface area contributed by atoms with Crippen molar-refractivity contribution in [2.75, 3.05) is 26.4 Å². The number of hydrogen-bond acceptors (Lipinski definition) is 7. The Balaban J connectivity index is 0.000000240. The van der Waals surface area contributed by atoms with Crippen LogP contribution in [0.5, 0.6) is 0 Å². The number of hydrogen-bond donors (Lipinski definition) is 1. The molecule has 2 atom stereocenters. The molecule has 0 spiro atoms. The molecule has 0 aromatic carbocycles. The van der Waals surface area contributed by atoms with Crippen LogP contribution in [0.3, 0.4) is 0 Å². The third-order valence-electron chi connectivity index (χ3n) is 3.59. The number of aliphatic carboxylic acids is 1. The van der Waals surface area contributed by atoms with Gasteiger partial charge in [0.1, 0.15) is 0 Å². The number of rotatable bonds is 6. The Morgan fingerprint density at radius 3 is 2.17 bits per heavy atom. The van der Waals surface area contributed by atoms with Gasteiger partial charge in [-0.2, -0.15) is 0 Å². The molecule has 2 aliphatic heterocycles. The number of carboxylic acid groups (broad SMARTS) is 1. The fourth-order valence-corrected chi connectivity index (χ4v) is 2.39. The fraction of sp³-hybridized carbons (Fsp3) is 0.875. The molecule has 0 radical (unpaired) electrons. The van der Waals surface area contributed by atoms with Crippen LogP contribution in [-0.4, -0.2) is 61.2 Å². The van der Waals surface area contributed by atoms with E-state index in [2.05, 4.69) is 0 Å². The summed E-state index contributed by atoms with van der Waals surface area (Å²) in [4.78, 5) is 21.4. The largest absolute Gasteiger partial charge is 0.481 e. The van der Waals surface area contributed by atoms with Crippen molar-refractivity contribution in [3.05, 3.63) is 0 Å². The molecule has 2 fully saturated rings. The molecule has 2 rings (SSSR count). The van der Waals surface area contributed by atoms with E-state index in [1.165, 1.54) is 0 Å². The molecule has 8 nitrogen and oxygen atoms in total. The van der Waals surface area contributed by atoms with Crippen molar-refractivity contribution in [3.8, 4) is 0 Å². The smallest absolute Gasteiger partial charge is 0.311 e. The van der Waals surface area contributed by atoms with Crippen LogP contribution in [0.25, 0.3) is 0 Å². The lowest BCUT2D eigenvalue weighted by Gasteiger charge is -2.20. The number of carbonyl (C=O) groups is 2. The van der Waals surface area contributed by atoms with Gasteiger partial charge in [-0.05, 0) is 27.2 Å². The Kier molecular flexibility index (Phi) is 8.08. The number of esters is 1. The normalized spacial score (nSPS) is 28.1. The molecule has 0 aromatic heterocycles. The number of carboxylic acids is 1. The Morgan fingerprint density at radius 1 is 1.08 bits per heavy atom. The summed E-state index contributed by atoms with van der Waals surface area (Å²) >= 11 is 0. The highest BCUT2D eigenvalue weighted by Gasteiger charge is 2.38. The Morgan fingerprint density at radius 2 is 1.71 bits per heavy atom. The van der Waals surface area contributed by atoms with Gasteiger partial charge in [-0.3, -0.25) is 9.59 Å². The second kappa shape index (κ2) is 9.31. The average Bonchev–Trinajstić information content (AvgIpc) is 3.05. The molecule has 2 heterocycles. The molecule has 0 saturated carbocycles. The molecular formula is C16H28O8. The van der Waals surface area contributed by atoms with Gasteiger partial charge in [0.25, 0.3) is 0 Å². The van der Waals surface area contributed by atoms with Crippen molar-refractivity contribution in [3.63, 3.8) is 0 Å². The van der Waals surface area contributed by atoms with Gasteiger partial charge >= 0.3 is 11.9 Å². The molecule has 0 aliphatic carbocycles. The lowest BCUT2D eigenvalue weighted by Crippen LogP contribution is -2.29. The highest BCUT2D eigenvalue weighted by molar-refractivity contribution is 5.70. The van der Waals surface area contributed by atoms with Crippen molar-refractivity contribution >= 4 is 11.9 Å². The summed E-state index contributed by atoms with van der Waals surface area (Å²) < 4.78 is 25.9. The minimum atomic E-state index is -0.910. The van der Waals surface area contributed by atoms with Crippen molar-refractivity contribution in [2.24, 2.45) is 0 Å². The Bertz CT molecular complexity index is 418. The van der Waals surface area contributed by atoms with Gasteiger partial charge in [-0.25, -0.2) is 0 Å². The monoisotopic (exact) mass is 348 g/mol. The van der Waals surface area contributed by atoms with Gasteiger partial charge in [-0.15, -0.1) is 0 Å². The second-order valence-electron chi connectivity index (χ2n) is 5.98. The molecule has 24 heavy (non-hydrogen) atoms. The average molecular weight is 348 g/mol. The summed E-state index contributed by atoms with van der Waals surface area (Å²) in [5.74, 6) is -2.84. The zero-order valence-electron chi connectivity index (χ0n) is 14.8. The van der Waals surface area contributed by atoms with Crippen LogP contribution in [0.15, 0.2) is 0 Å². The van der Waals surface area contributed by atoms with Crippen LogP contribution in [-0.2, 0) is 33.3 Å². The van der Waals surface area contributed by atoms with E-state index in [-0.39, 0.29) is 24.9 Å². The van der Waals surface area contributed by atoms with Crippen LogP contribution >= 0.6 is 0 Å². The van der Waals surface area contributed by atoms with Crippen LogP contribution in [0.1, 0.15) is 47.0 Å². The van der Waals surface area contributed by atoms with Crippen molar-refractivity contribution in [2.45, 2.75) is 64.6 Å². The number of carbonyl (C=O) groups excluding carboxylic acids is 1. The predicted molar refractivity (Wildman–Crippen MR) is 83.3 cm³/mol. The molecule has 1 N–H and O–H groups in total. The Hall–Kier alpha value is -1.22. The predicted octanol–water partition coefficient (Wildman–Crippen LogP) is 1.71. The molecule has 140 valence electrons.